The lowest BCUT2D eigenvalue weighted by Gasteiger charge is -2.42. The highest BCUT2D eigenvalue weighted by Crippen LogP contribution is 2.49. The molecule has 2 saturated heterocycles. The second-order valence-corrected chi connectivity index (χ2v) is 14.6. The molecule has 1 aromatic carbocycles. The lowest BCUT2D eigenvalue weighted by Crippen LogP contribution is -2.63. The third-order valence-electron chi connectivity index (χ3n) is 10.4. The van der Waals surface area contributed by atoms with Crippen LogP contribution in [0.3, 0.4) is 0 Å². The van der Waals surface area contributed by atoms with Crippen molar-refractivity contribution in [3.63, 3.8) is 0 Å². The van der Waals surface area contributed by atoms with Gasteiger partial charge in [0.15, 0.2) is 5.72 Å². The Hall–Kier alpha value is -3.69. The Labute approximate surface area is 310 Å². The van der Waals surface area contributed by atoms with E-state index in [1.54, 1.807) is 72.0 Å². The predicted molar refractivity (Wildman–Crippen MR) is 192 cm³/mol. The summed E-state index contributed by atoms with van der Waals surface area (Å²) in [6, 6.07) is 2.46. The first-order chi connectivity index (χ1) is 24.3. The molecule has 2 N–H and O–H groups in total. The third-order valence-corrected chi connectivity index (χ3v) is 10.8. The number of methoxy groups -OCH3 is 3. The number of hydrogen-bond donors (Lipinski definition) is 2. The largest absolute Gasteiger partial charge is 0.495 e. The summed E-state index contributed by atoms with van der Waals surface area (Å²) >= 11 is 6.79. The number of alkyl carbamates (subject to hydrolysis) is 1. The second-order valence-electron chi connectivity index (χ2n) is 14.3. The molecule has 14 nitrogen and oxygen atoms in total. The number of carbonyl (C=O) groups excluding carboxylic acids is 4. The van der Waals surface area contributed by atoms with Crippen molar-refractivity contribution in [1.29, 1.82) is 0 Å². The number of aliphatic hydroxyl groups is 1. The van der Waals surface area contributed by atoms with E-state index < -0.39 is 71.8 Å². The van der Waals surface area contributed by atoms with Crippen LogP contribution in [0.25, 0.3) is 0 Å². The maximum absolute atomic E-state index is 14.2. The Balaban J connectivity index is 1.83. The molecule has 3 aliphatic heterocycles. The topological polar surface area (TPSA) is 166 Å². The molecule has 2 fully saturated rings. The average Bonchev–Trinajstić information content (AvgIpc) is 3.79. The van der Waals surface area contributed by atoms with Gasteiger partial charge in [-0.3, -0.25) is 14.9 Å². The van der Waals surface area contributed by atoms with Gasteiger partial charge in [0.25, 0.3) is 0 Å². The number of esters is 1. The Morgan fingerprint density at radius 1 is 1.15 bits per heavy atom. The molecule has 4 bridgehead atoms. The number of amides is 3. The molecular formula is C37H52ClN3O11. The molecule has 52 heavy (non-hydrogen) atoms. The van der Waals surface area contributed by atoms with Gasteiger partial charge < -0.3 is 43.3 Å². The Morgan fingerprint density at radius 2 is 1.83 bits per heavy atom. The zero-order valence-electron chi connectivity index (χ0n) is 31.7. The van der Waals surface area contributed by atoms with Gasteiger partial charge in [-0.1, -0.05) is 50.6 Å². The molecule has 3 amide bonds. The maximum atomic E-state index is 14.2. The normalized spacial score (nSPS) is 31.5. The fourth-order valence-corrected chi connectivity index (χ4v) is 7.21. The number of allylic oxidation sites excluding steroid dienone is 2. The van der Waals surface area contributed by atoms with E-state index in [1.807, 2.05) is 6.92 Å². The van der Waals surface area contributed by atoms with Crippen LogP contribution >= 0.6 is 11.6 Å². The van der Waals surface area contributed by atoms with Crippen LogP contribution < -0.4 is 15.0 Å². The minimum absolute atomic E-state index is 0.0719. The first-order valence-electron chi connectivity index (χ1n) is 17.2. The van der Waals surface area contributed by atoms with Crippen LogP contribution in [0.4, 0.5) is 10.5 Å². The van der Waals surface area contributed by atoms with Crippen molar-refractivity contribution in [3.8, 4) is 5.75 Å². The summed E-state index contributed by atoms with van der Waals surface area (Å²) in [5, 5.41) is 14.4. The number of carbonyl (C=O) groups is 4. The Morgan fingerprint density at radius 3 is 2.42 bits per heavy atom. The number of nitrogens with one attached hydrogen (secondary N) is 1. The van der Waals surface area contributed by atoms with E-state index in [0.29, 0.717) is 17.0 Å². The fourth-order valence-electron chi connectivity index (χ4n) is 6.89. The maximum Gasteiger partial charge on any atom is 0.409 e. The van der Waals surface area contributed by atoms with Crippen molar-refractivity contribution < 1.29 is 52.7 Å². The number of epoxide rings is 1. The van der Waals surface area contributed by atoms with E-state index in [2.05, 4.69) is 5.32 Å². The number of fused-ring (bicyclic) bond motifs is 5. The van der Waals surface area contributed by atoms with Gasteiger partial charge in [0.05, 0.1) is 25.3 Å². The van der Waals surface area contributed by atoms with Gasteiger partial charge in [0.2, 0.25) is 11.8 Å². The van der Waals surface area contributed by atoms with Crippen molar-refractivity contribution in [2.45, 2.75) is 102 Å². The minimum atomic E-state index is -1.86. The van der Waals surface area contributed by atoms with Gasteiger partial charge in [-0.25, -0.2) is 9.59 Å². The fraction of sp³-hybridized carbons (Fsp3) is 0.622. The monoisotopic (exact) mass is 749 g/mol. The molecule has 0 spiro atoms. The van der Waals surface area contributed by atoms with Crippen molar-refractivity contribution in [1.82, 2.24) is 10.2 Å². The van der Waals surface area contributed by atoms with Gasteiger partial charge in [0.1, 0.15) is 46.8 Å². The van der Waals surface area contributed by atoms with Crippen molar-refractivity contribution >= 4 is 41.2 Å². The predicted octanol–water partition coefficient (Wildman–Crippen LogP) is 4.32. The molecule has 15 heteroatoms. The van der Waals surface area contributed by atoms with Gasteiger partial charge in [-0.15, -0.1) is 0 Å². The third kappa shape index (κ3) is 8.26. The molecule has 288 valence electrons. The lowest BCUT2D eigenvalue weighted by molar-refractivity contribution is -0.162. The zero-order chi connectivity index (χ0) is 38.9. The van der Waals surface area contributed by atoms with E-state index in [-0.39, 0.29) is 29.7 Å². The van der Waals surface area contributed by atoms with Crippen LogP contribution in [0.1, 0.15) is 66.1 Å². The summed E-state index contributed by atoms with van der Waals surface area (Å²) in [7, 11) is 7.48. The van der Waals surface area contributed by atoms with Gasteiger partial charge >= 0.3 is 12.1 Å². The number of benzene rings is 1. The van der Waals surface area contributed by atoms with Crippen LogP contribution in [0.15, 0.2) is 35.9 Å². The number of halogens is 1. The van der Waals surface area contributed by atoms with Crippen LogP contribution in [0.2, 0.25) is 5.02 Å². The summed E-state index contributed by atoms with van der Waals surface area (Å²) in [5.41, 5.74) is -1.39. The second kappa shape index (κ2) is 16.1. The molecule has 0 radical (unpaired) electrons. The van der Waals surface area contributed by atoms with Crippen molar-refractivity contribution in [2.75, 3.05) is 40.3 Å². The molecule has 3 aliphatic rings. The molecule has 1 aromatic rings. The van der Waals surface area contributed by atoms with Gasteiger partial charge in [0, 0.05) is 46.6 Å². The number of ether oxygens (including phenoxy) is 6. The molecule has 3 heterocycles. The van der Waals surface area contributed by atoms with Crippen molar-refractivity contribution in [3.05, 3.63) is 46.5 Å². The number of hydrogen-bond acceptors (Lipinski definition) is 11. The Kier molecular flexibility index (Phi) is 12.7. The molecular weight excluding hydrogens is 698 g/mol. The summed E-state index contributed by atoms with van der Waals surface area (Å²) in [6.07, 6.45) is -0.443. The van der Waals surface area contributed by atoms with E-state index in [4.69, 9.17) is 40.0 Å². The van der Waals surface area contributed by atoms with E-state index in [9.17, 15) is 24.3 Å². The standard InChI is InChI=1S/C37H52ClN3O11/c1-19(2)33(43)40(7)22(5)34(44)51-28-17-29(42)41(8)24-15-23(16-25(47-9)30(24)38)31(49-11)20(3)13-12-14-27(48-10)37(46)18-26(50-35(45)39-37)21(4)32-36(28,6)52-32/h12-16,19,21-22,26-28,31-32,46H,17-18H2,1-11H3,(H,39,45)/t21-,22+,26-,27-,28-,31-,32-,36-,37-/m1/s1. The van der Waals surface area contributed by atoms with Crippen LogP contribution in [0.5, 0.6) is 5.75 Å². The zero-order valence-corrected chi connectivity index (χ0v) is 32.5. The number of rotatable bonds is 7. The SMILES string of the molecule is COc1cc2cc(c1Cl)N(C)C(=O)C[C@@H](OC(=O)[C@H](C)N(C)C(=O)C(C)C)[C@@]1(C)O[C@@H]1[C@H](C)[C@H]1C[C@](O)(NC(=O)O1)[C@H](OC)C=CC=C(C)[C@H]2OC. The molecule has 9 atom stereocenters. The van der Waals surface area contributed by atoms with E-state index in [1.165, 1.54) is 38.2 Å². The average molecular weight is 750 g/mol. The van der Waals surface area contributed by atoms with Crippen LogP contribution in [-0.4, -0.2) is 111 Å². The number of anilines is 1. The highest BCUT2D eigenvalue weighted by molar-refractivity contribution is 6.35. The smallest absolute Gasteiger partial charge is 0.409 e. The van der Waals surface area contributed by atoms with Gasteiger partial charge in [-0.05, 0) is 44.0 Å². The highest BCUT2D eigenvalue weighted by Gasteiger charge is 2.64. The number of nitrogens with zero attached hydrogens (tertiary/aromatic N) is 2. The minimum Gasteiger partial charge on any atom is -0.495 e. The molecule has 0 aromatic heterocycles. The Bertz CT molecular complexity index is 1600. The van der Waals surface area contributed by atoms with Crippen LogP contribution in [-0.2, 0) is 38.1 Å². The van der Waals surface area contributed by atoms with E-state index >= 15 is 0 Å². The first kappa shape index (κ1) is 41.1. The summed E-state index contributed by atoms with van der Waals surface area (Å²) in [5.74, 6) is -2.05. The van der Waals surface area contributed by atoms with Crippen molar-refractivity contribution in [2.24, 2.45) is 11.8 Å². The first-order valence-corrected chi connectivity index (χ1v) is 17.6. The summed E-state index contributed by atoms with van der Waals surface area (Å²) in [4.78, 5) is 56.1. The van der Waals surface area contributed by atoms with Gasteiger partial charge in [-0.2, -0.15) is 0 Å². The summed E-state index contributed by atoms with van der Waals surface area (Å²) < 4.78 is 35.1. The quantitative estimate of drug-likeness (QED) is 0.301. The lowest BCUT2D eigenvalue weighted by atomic mass is 9.83. The summed E-state index contributed by atoms with van der Waals surface area (Å²) in [6.45, 7) is 10.3. The highest BCUT2D eigenvalue weighted by atomic mass is 35.5. The van der Waals surface area contributed by atoms with Crippen LogP contribution in [0, 0.1) is 11.8 Å². The molecule has 0 saturated carbocycles. The molecule has 0 unspecified atom stereocenters. The molecule has 0 aliphatic carbocycles. The molecule has 4 rings (SSSR count). The van der Waals surface area contributed by atoms with E-state index in [0.717, 1.165) is 5.57 Å². The number of likely N-dealkylation sites (N-methyl/N-ethyl adjacent to an activating group) is 1.